The molecule has 522 valence electrons. The van der Waals surface area contributed by atoms with Crippen molar-refractivity contribution in [2.45, 2.75) is 475 Å². The van der Waals surface area contributed by atoms with E-state index >= 15 is 0 Å². The Morgan fingerprint density at radius 3 is 0.807 bits per heavy atom. The third-order valence-corrected chi connectivity index (χ3v) is 19.2. The summed E-state index contributed by atoms with van der Waals surface area (Å²) in [7, 11) is 0. The maximum Gasteiger partial charge on any atom is 0.305 e. The first kappa shape index (κ1) is 86.3. The van der Waals surface area contributed by atoms with Gasteiger partial charge in [0.2, 0.25) is 5.91 Å². The Balaban J connectivity index is 3.35. The maximum atomic E-state index is 12.6. The number of hydrogen-bond donors (Lipinski definition) is 3. The van der Waals surface area contributed by atoms with Crippen molar-refractivity contribution in [1.82, 2.24) is 5.32 Å². The summed E-state index contributed by atoms with van der Waals surface area (Å²) in [5.41, 5.74) is 0. The molecule has 0 radical (unpaired) electrons. The smallest absolute Gasteiger partial charge is 0.305 e. The zero-order chi connectivity index (χ0) is 63.5. The van der Waals surface area contributed by atoms with Crippen LogP contribution < -0.4 is 5.32 Å². The number of hydrogen-bond acceptors (Lipinski definition) is 5. The molecule has 0 aliphatic carbocycles. The number of aliphatic hydroxyl groups excluding tert-OH is 2. The fourth-order valence-electron chi connectivity index (χ4n) is 13.0. The van der Waals surface area contributed by atoms with Gasteiger partial charge < -0.3 is 20.3 Å². The second-order valence-corrected chi connectivity index (χ2v) is 28.1. The summed E-state index contributed by atoms with van der Waals surface area (Å²) >= 11 is 0. The summed E-state index contributed by atoms with van der Waals surface area (Å²) < 4.78 is 5.52. The molecule has 0 rings (SSSR count). The minimum atomic E-state index is -0.664. The van der Waals surface area contributed by atoms with Crippen molar-refractivity contribution in [2.75, 3.05) is 13.2 Å². The molecule has 0 fully saturated rings. The summed E-state index contributed by atoms with van der Waals surface area (Å²) in [5, 5.41) is 23.5. The maximum absolute atomic E-state index is 12.6. The molecule has 6 heteroatoms. The lowest BCUT2D eigenvalue weighted by molar-refractivity contribution is -0.143. The number of nitrogens with one attached hydrogen (secondary N) is 1. The van der Waals surface area contributed by atoms with Crippen molar-refractivity contribution in [3.8, 4) is 0 Å². The largest absolute Gasteiger partial charge is 0.466 e. The highest BCUT2D eigenvalue weighted by atomic mass is 16.5. The van der Waals surface area contributed by atoms with Crippen LogP contribution in [0.1, 0.15) is 463 Å². The number of allylic oxidation sites excluding steroid dienone is 4. The summed E-state index contributed by atoms with van der Waals surface area (Å²) in [6.07, 6.45) is 99.9. The van der Waals surface area contributed by atoms with E-state index in [-0.39, 0.29) is 18.5 Å². The number of amides is 1. The molecular weight excluding hydrogens is 1080 g/mol. The molecule has 0 aromatic heterocycles. The van der Waals surface area contributed by atoms with Crippen LogP contribution in [0.3, 0.4) is 0 Å². The first-order chi connectivity index (χ1) is 43.5. The highest BCUT2D eigenvalue weighted by molar-refractivity contribution is 5.76. The monoisotopic (exact) mass is 1240 g/mol. The van der Waals surface area contributed by atoms with Crippen molar-refractivity contribution in [1.29, 1.82) is 0 Å². The lowest BCUT2D eigenvalue weighted by Crippen LogP contribution is -2.45. The lowest BCUT2D eigenvalue weighted by atomic mass is 10.0. The molecule has 0 aromatic carbocycles. The van der Waals surface area contributed by atoms with Gasteiger partial charge in [0, 0.05) is 12.8 Å². The van der Waals surface area contributed by atoms with Crippen molar-refractivity contribution in [3.63, 3.8) is 0 Å². The van der Waals surface area contributed by atoms with Gasteiger partial charge in [0.25, 0.3) is 0 Å². The molecule has 0 aliphatic heterocycles. The summed E-state index contributed by atoms with van der Waals surface area (Å²) in [6.45, 7) is 5.00. The Bertz CT molecular complexity index is 1380. The number of aliphatic hydroxyl groups is 2. The molecule has 0 saturated carbocycles. The molecule has 0 aliphatic rings. The minimum Gasteiger partial charge on any atom is -0.466 e. The second-order valence-electron chi connectivity index (χ2n) is 28.1. The first-order valence-corrected chi connectivity index (χ1v) is 40.6. The average molecular weight is 1240 g/mol. The van der Waals surface area contributed by atoms with E-state index in [1.54, 1.807) is 0 Å². The van der Waals surface area contributed by atoms with E-state index in [1.165, 1.54) is 392 Å². The van der Waals surface area contributed by atoms with Crippen LogP contribution in [-0.2, 0) is 14.3 Å². The standard InChI is InChI=1S/C82H159NO5/c1-3-5-7-9-11-13-15-17-19-21-23-24-35-39-42-46-50-54-58-62-66-70-74-80(85)79(78-84)83-81(86)75-71-67-63-59-55-51-47-43-40-36-33-31-29-27-25-26-28-30-32-34-37-41-45-49-53-57-61-65-69-73-77-88-82(87)76-72-68-64-60-56-52-48-44-38-22-20-18-16-14-12-10-8-6-4-2/h18,20,26,28,79-80,84-85H,3-17,19,21-25,27,29-78H2,1-2H3,(H,83,86)/b20-18-,28-26-. The highest BCUT2D eigenvalue weighted by Gasteiger charge is 2.20. The molecule has 0 bridgehead atoms. The Labute approximate surface area is 551 Å². The van der Waals surface area contributed by atoms with Gasteiger partial charge in [-0.1, -0.05) is 398 Å². The van der Waals surface area contributed by atoms with E-state index in [1.807, 2.05) is 0 Å². The quantitative estimate of drug-likeness (QED) is 0.0320. The molecule has 3 N–H and O–H groups in total. The van der Waals surface area contributed by atoms with Gasteiger partial charge in [0.15, 0.2) is 0 Å². The van der Waals surface area contributed by atoms with Crippen molar-refractivity contribution in [2.24, 2.45) is 0 Å². The third-order valence-electron chi connectivity index (χ3n) is 19.2. The van der Waals surface area contributed by atoms with Crippen molar-refractivity contribution >= 4 is 11.9 Å². The van der Waals surface area contributed by atoms with Crippen LogP contribution in [0.15, 0.2) is 24.3 Å². The zero-order valence-electron chi connectivity index (χ0n) is 60.0. The van der Waals surface area contributed by atoms with Crippen LogP contribution in [0, 0.1) is 0 Å². The molecule has 1 amide bonds. The van der Waals surface area contributed by atoms with Gasteiger partial charge in [-0.2, -0.15) is 0 Å². The van der Waals surface area contributed by atoms with Crippen LogP contribution in [0.25, 0.3) is 0 Å². The average Bonchev–Trinajstić information content (AvgIpc) is 3.58. The van der Waals surface area contributed by atoms with E-state index in [4.69, 9.17) is 4.74 Å². The number of esters is 1. The SMILES string of the molecule is CCCCCCCC/C=C\CCCCCCCCCCCC(=O)OCCCCCCCCCCCCCC/C=C\CCCCCCCCCCCCCCCCC(=O)NC(CO)C(O)CCCCCCCCCCCCCCCCCCCCCCCC. The predicted molar refractivity (Wildman–Crippen MR) is 389 cm³/mol. The van der Waals surface area contributed by atoms with Crippen LogP contribution in [0.5, 0.6) is 0 Å². The van der Waals surface area contributed by atoms with E-state index in [0.29, 0.717) is 25.9 Å². The Morgan fingerprint density at radius 2 is 0.534 bits per heavy atom. The molecular formula is C82H159NO5. The van der Waals surface area contributed by atoms with Gasteiger partial charge >= 0.3 is 5.97 Å². The van der Waals surface area contributed by atoms with Crippen LogP contribution in [0.4, 0.5) is 0 Å². The third kappa shape index (κ3) is 73.4. The van der Waals surface area contributed by atoms with Crippen LogP contribution in [-0.4, -0.2) is 47.4 Å². The number of carbonyl (C=O) groups excluding carboxylic acids is 2. The molecule has 6 nitrogen and oxygen atoms in total. The topological polar surface area (TPSA) is 95.9 Å². The Hall–Kier alpha value is -1.66. The normalized spacial score (nSPS) is 12.5. The molecule has 0 spiro atoms. The fraction of sp³-hybridized carbons (Fsp3) is 0.927. The predicted octanol–water partition coefficient (Wildman–Crippen LogP) is 26.8. The fourth-order valence-corrected chi connectivity index (χ4v) is 13.0. The van der Waals surface area contributed by atoms with Crippen LogP contribution >= 0.6 is 0 Å². The van der Waals surface area contributed by atoms with Gasteiger partial charge in [0.05, 0.1) is 25.4 Å². The summed E-state index contributed by atoms with van der Waals surface area (Å²) in [4.78, 5) is 24.7. The second kappa shape index (κ2) is 77.8. The van der Waals surface area contributed by atoms with E-state index in [2.05, 4.69) is 43.5 Å². The molecule has 0 heterocycles. The number of unbranched alkanes of at least 4 members (excludes halogenated alkanes) is 62. The van der Waals surface area contributed by atoms with Crippen LogP contribution in [0.2, 0.25) is 0 Å². The summed E-state index contributed by atoms with van der Waals surface area (Å²) in [5.74, 6) is -0.0100. The van der Waals surface area contributed by atoms with Gasteiger partial charge in [-0.25, -0.2) is 0 Å². The van der Waals surface area contributed by atoms with Gasteiger partial charge in [-0.3, -0.25) is 9.59 Å². The Morgan fingerprint density at radius 1 is 0.307 bits per heavy atom. The minimum absolute atomic E-state index is 0.0179. The van der Waals surface area contributed by atoms with E-state index in [9.17, 15) is 19.8 Å². The van der Waals surface area contributed by atoms with Gasteiger partial charge in [0.1, 0.15) is 0 Å². The number of ether oxygens (including phenoxy) is 1. The van der Waals surface area contributed by atoms with Gasteiger partial charge in [-0.05, 0) is 77.0 Å². The number of rotatable bonds is 77. The Kier molecular flexibility index (Phi) is 76.3. The lowest BCUT2D eigenvalue weighted by Gasteiger charge is -2.22. The molecule has 0 saturated heterocycles. The van der Waals surface area contributed by atoms with E-state index < -0.39 is 12.1 Å². The first-order valence-electron chi connectivity index (χ1n) is 40.6. The summed E-state index contributed by atoms with van der Waals surface area (Å²) in [6, 6.07) is -0.541. The molecule has 0 aromatic rings. The number of carbonyl (C=O) groups is 2. The van der Waals surface area contributed by atoms with Crippen molar-refractivity contribution in [3.05, 3.63) is 24.3 Å². The molecule has 2 atom stereocenters. The van der Waals surface area contributed by atoms with Crippen molar-refractivity contribution < 1.29 is 24.5 Å². The van der Waals surface area contributed by atoms with E-state index in [0.717, 1.165) is 38.5 Å². The molecule has 2 unspecified atom stereocenters. The van der Waals surface area contributed by atoms with Gasteiger partial charge in [-0.15, -0.1) is 0 Å². The highest BCUT2D eigenvalue weighted by Crippen LogP contribution is 2.20. The zero-order valence-corrected chi connectivity index (χ0v) is 60.0. The molecule has 88 heavy (non-hydrogen) atoms.